The number of rotatable bonds is 2. The lowest BCUT2D eigenvalue weighted by molar-refractivity contribution is -0.128. The number of aromatic nitrogens is 2. The molecule has 2 fully saturated rings. The maximum Gasteiger partial charge on any atom is 0.219 e. The van der Waals surface area contributed by atoms with Crippen molar-refractivity contribution in [2.75, 3.05) is 57.8 Å². The molecule has 132 valence electrons. The van der Waals surface area contributed by atoms with Crippen molar-refractivity contribution in [1.29, 1.82) is 0 Å². The molecular weight excluding hydrogens is 306 g/mol. The number of aryl methyl sites for hydroxylation is 1. The van der Waals surface area contributed by atoms with Crippen LogP contribution in [0, 0.1) is 6.92 Å². The zero-order valence-corrected chi connectivity index (χ0v) is 14.9. The monoisotopic (exact) mass is 333 g/mol. The van der Waals surface area contributed by atoms with Crippen LogP contribution >= 0.6 is 0 Å². The van der Waals surface area contributed by atoms with Crippen molar-refractivity contribution >= 4 is 11.7 Å². The Bertz CT molecular complexity index is 594. The molecule has 0 N–H and O–H groups in total. The van der Waals surface area contributed by atoms with E-state index in [-0.39, 0.29) is 12.0 Å². The molecular formula is C17H27N5O2. The Balaban J connectivity index is 1.77. The molecule has 7 heteroatoms. The summed E-state index contributed by atoms with van der Waals surface area (Å²) in [4.78, 5) is 27.3. The van der Waals surface area contributed by atoms with Crippen molar-refractivity contribution in [3.05, 3.63) is 17.6 Å². The fourth-order valence-corrected chi connectivity index (χ4v) is 3.32. The van der Waals surface area contributed by atoms with Crippen LogP contribution in [0.3, 0.4) is 0 Å². The van der Waals surface area contributed by atoms with Gasteiger partial charge in [0.1, 0.15) is 17.7 Å². The van der Waals surface area contributed by atoms with Gasteiger partial charge in [-0.2, -0.15) is 0 Å². The summed E-state index contributed by atoms with van der Waals surface area (Å²) in [7, 11) is 2.11. The van der Waals surface area contributed by atoms with Crippen molar-refractivity contribution in [3.8, 4) is 0 Å². The Morgan fingerprint density at radius 1 is 1.21 bits per heavy atom. The molecule has 2 saturated heterocycles. The van der Waals surface area contributed by atoms with Gasteiger partial charge in [-0.1, -0.05) is 0 Å². The minimum atomic E-state index is 0.00453. The Morgan fingerprint density at radius 3 is 2.79 bits per heavy atom. The number of amides is 1. The van der Waals surface area contributed by atoms with Crippen molar-refractivity contribution in [3.63, 3.8) is 0 Å². The van der Waals surface area contributed by atoms with Crippen LogP contribution in [0.1, 0.15) is 31.0 Å². The number of nitrogens with zero attached hydrogens (tertiary/aromatic N) is 5. The molecule has 1 aromatic rings. The summed E-state index contributed by atoms with van der Waals surface area (Å²) in [6.07, 6.45) is 0.963. The minimum Gasteiger partial charge on any atom is -0.369 e. The molecule has 0 radical (unpaired) electrons. The minimum absolute atomic E-state index is 0.00453. The normalized spacial score (nSPS) is 23.2. The van der Waals surface area contributed by atoms with Gasteiger partial charge in [-0.05, 0) is 20.4 Å². The standard InChI is InChI=1S/C17H27N5O2/c1-13-18-15(16-12-20(3)9-10-24-16)11-17(19-13)22-6-4-5-21(7-8-22)14(2)23/h11,16H,4-10,12H2,1-3H3/t16-/m1/s1. The summed E-state index contributed by atoms with van der Waals surface area (Å²) in [5.41, 5.74) is 0.955. The average molecular weight is 333 g/mol. The van der Waals surface area contributed by atoms with Crippen molar-refractivity contribution in [2.45, 2.75) is 26.4 Å². The van der Waals surface area contributed by atoms with E-state index in [1.807, 2.05) is 11.8 Å². The summed E-state index contributed by atoms with van der Waals surface area (Å²) >= 11 is 0. The van der Waals surface area contributed by atoms with E-state index in [9.17, 15) is 4.79 Å². The van der Waals surface area contributed by atoms with E-state index in [0.29, 0.717) is 0 Å². The average Bonchev–Trinajstić information content (AvgIpc) is 2.80. The Kier molecular flexibility index (Phi) is 5.30. The Morgan fingerprint density at radius 2 is 2.04 bits per heavy atom. The molecule has 0 bridgehead atoms. The number of likely N-dealkylation sites (N-methyl/N-ethyl adjacent to an activating group) is 1. The Hall–Kier alpha value is -1.73. The van der Waals surface area contributed by atoms with Gasteiger partial charge in [-0.15, -0.1) is 0 Å². The molecule has 3 heterocycles. The van der Waals surface area contributed by atoms with E-state index in [4.69, 9.17) is 4.74 Å². The highest BCUT2D eigenvalue weighted by Gasteiger charge is 2.24. The summed E-state index contributed by atoms with van der Waals surface area (Å²) in [6, 6.07) is 2.06. The van der Waals surface area contributed by atoms with Gasteiger partial charge < -0.3 is 19.4 Å². The van der Waals surface area contributed by atoms with Gasteiger partial charge in [0.05, 0.1) is 12.3 Å². The van der Waals surface area contributed by atoms with Crippen LogP contribution in [0.15, 0.2) is 6.07 Å². The molecule has 24 heavy (non-hydrogen) atoms. The van der Waals surface area contributed by atoms with Gasteiger partial charge in [0, 0.05) is 52.3 Å². The number of ether oxygens (including phenoxy) is 1. The number of carbonyl (C=O) groups excluding carboxylic acids is 1. The van der Waals surface area contributed by atoms with Gasteiger partial charge in [-0.25, -0.2) is 9.97 Å². The zero-order chi connectivity index (χ0) is 17.1. The molecule has 0 aromatic carbocycles. The largest absolute Gasteiger partial charge is 0.369 e. The zero-order valence-electron chi connectivity index (χ0n) is 14.9. The van der Waals surface area contributed by atoms with E-state index in [0.717, 1.165) is 69.6 Å². The first-order valence-corrected chi connectivity index (χ1v) is 8.69. The molecule has 1 aromatic heterocycles. The van der Waals surface area contributed by atoms with Crippen molar-refractivity contribution in [2.24, 2.45) is 0 Å². The first-order valence-electron chi connectivity index (χ1n) is 8.69. The number of anilines is 1. The first kappa shape index (κ1) is 17.1. The van der Waals surface area contributed by atoms with Gasteiger partial charge in [-0.3, -0.25) is 4.79 Å². The van der Waals surface area contributed by atoms with Gasteiger partial charge in [0.2, 0.25) is 5.91 Å². The van der Waals surface area contributed by atoms with E-state index in [1.165, 1.54) is 0 Å². The fourth-order valence-electron chi connectivity index (χ4n) is 3.32. The highest BCUT2D eigenvalue weighted by Crippen LogP contribution is 2.24. The highest BCUT2D eigenvalue weighted by atomic mass is 16.5. The molecule has 1 amide bonds. The third-order valence-corrected chi connectivity index (χ3v) is 4.71. The summed E-state index contributed by atoms with van der Waals surface area (Å²) < 4.78 is 5.90. The predicted octanol–water partition coefficient (Wildman–Crippen LogP) is 0.847. The number of hydrogen-bond acceptors (Lipinski definition) is 6. The molecule has 7 nitrogen and oxygen atoms in total. The third-order valence-electron chi connectivity index (χ3n) is 4.71. The van der Waals surface area contributed by atoms with Gasteiger partial charge in [0.25, 0.3) is 0 Å². The molecule has 0 aliphatic carbocycles. The van der Waals surface area contributed by atoms with Crippen molar-refractivity contribution < 1.29 is 9.53 Å². The lowest BCUT2D eigenvalue weighted by Gasteiger charge is -2.30. The molecule has 1 atom stereocenters. The first-order chi connectivity index (χ1) is 11.5. The second-order valence-corrected chi connectivity index (χ2v) is 6.67. The smallest absolute Gasteiger partial charge is 0.219 e. The van der Waals surface area contributed by atoms with Gasteiger partial charge >= 0.3 is 0 Å². The topological polar surface area (TPSA) is 61.8 Å². The quantitative estimate of drug-likeness (QED) is 0.799. The second-order valence-electron chi connectivity index (χ2n) is 6.67. The van der Waals surface area contributed by atoms with Crippen LogP contribution in [0.4, 0.5) is 5.82 Å². The summed E-state index contributed by atoms with van der Waals surface area (Å²) in [6.45, 7) is 9.39. The molecule has 0 saturated carbocycles. The third kappa shape index (κ3) is 4.02. The molecule has 2 aliphatic heterocycles. The predicted molar refractivity (Wildman–Crippen MR) is 92.0 cm³/mol. The summed E-state index contributed by atoms with van der Waals surface area (Å²) in [5.74, 6) is 1.86. The van der Waals surface area contributed by atoms with Crippen LogP contribution in [0.25, 0.3) is 0 Å². The Labute approximate surface area is 143 Å². The lowest BCUT2D eigenvalue weighted by atomic mass is 10.2. The molecule has 0 unspecified atom stereocenters. The lowest BCUT2D eigenvalue weighted by Crippen LogP contribution is -2.36. The van der Waals surface area contributed by atoms with E-state index >= 15 is 0 Å². The van der Waals surface area contributed by atoms with E-state index in [1.54, 1.807) is 6.92 Å². The number of hydrogen-bond donors (Lipinski definition) is 0. The second kappa shape index (κ2) is 7.44. The van der Waals surface area contributed by atoms with E-state index < -0.39 is 0 Å². The maximum absolute atomic E-state index is 11.6. The highest BCUT2D eigenvalue weighted by molar-refractivity contribution is 5.73. The van der Waals surface area contributed by atoms with Crippen LogP contribution in [-0.4, -0.2) is 78.6 Å². The fraction of sp³-hybridized carbons (Fsp3) is 0.706. The van der Waals surface area contributed by atoms with Crippen LogP contribution < -0.4 is 4.90 Å². The van der Waals surface area contributed by atoms with Crippen LogP contribution in [0.5, 0.6) is 0 Å². The molecule has 0 spiro atoms. The van der Waals surface area contributed by atoms with Crippen LogP contribution in [0.2, 0.25) is 0 Å². The number of carbonyl (C=O) groups is 1. The number of morpholine rings is 1. The molecule has 2 aliphatic rings. The molecule has 3 rings (SSSR count). The van der Waals surface area contributed by atoms with Gasteiger partial charge in [0.15, 0.2) is 0 Å². The van der Waals surface area contributed by atoms with Crippen molar-refractivity contribution in [1.82, 2.24) is 19.8 Å². The summed E-state index contributed by atoms with van der Waals surface area (Å²) in [5, 5.41) is 0. The maximum atomic E-state index is 11.6. The van der Waals surface area contributed by atoms with E-state index in [2.05, 4.69) is 32.9 Å². The SMILES string of the molecule is CC(=O)N1CCCN(c2cc([C@H]3CN(C)CCO3)nc(C)n2)CC1. The van der Waals surface area contributed by atoms with Crippen LogP contribution in [-0.2, 0) is 9.53 Å².